The second kappa shape index (κ2) is 6.28. The van der Waals surface area contributed by atoms with Gasteiger partial charge in [0.1, 0.15) is 0 Å². The minimum absolute atomic E-state index is 0.0272. The van der Waals surface area contributed by atoms with Gasteiger partial charge in [-0.1, -0.05) is 59.6 Å². The quantitative estimate of drug-likeness (QED) is 0.479. The number of halogens is 4. The van der Waals surface area contributed by atoms with E-state index in [4.69, 9.17) is 46.4 Å². The molecule has 0 aliphatic heterocycles. The van der Waals surface area contributed by atoms with E-state index in [1.54, 1.807) is 0 Å². The number of imidazole rings is 1. The lowest BCUT2D eigenvalue weighted by atomic mass is 10.3. The Bertz CT molecular complexity index is 774. The Labute approximate surface area is 145 Å². The van der Waals surface area contributed by atoms with Crippen LogP contribution in [-0.4, -0.2) is 19.3 Å². The summed E-state index contributed by atoms with van der Waals surface area (Å²) in [6, 6.07) is 0. The lowest BCUT2D eigenvalue weighted by Gasteiger charge is -2.11. The fourth-order valence-corrected chi connectivity index (χ4v) is 3.07. The van der Waals surface area contributed by atoms with Gasteiger partial charge in [0.05, 0.1) is 31.1 Å². The van der Waals surface area contributed by atoms with E-state index in [1.165, 1.54) is 0 Å². The molecule has 2 N–H and O–H groups in total. The summed E-state index contributed by atoms with van der Waals surface area (Å²) in [7, 11) is 0. The van der Waals surface area contributed by atoms with Crippen LogP contribution in [0.2, 0.25) is 20.1 Å². The summed E-state index contributed by atoms with van der Waals surface area (Å²) in [5.41, 5.74) is -0.726. The normalized spacial score (nSPS) is 14.1. The van der Waals surface area contributed by atoms with E-state index in [2.05, 4.69) is 13.2 Å². The van der Waals surface area contributed by atoms with Crippen LogP contribution in [0.1, 0.15) is 12.5 Å². The summed E-state index contributed by atoms with van der Waals surface area (Å²) in [6.45, 7) is 6.83. The molecule has 2 aromatic rings. The maximum Gasteiger partial charge on any atom is 0.333 e. The second-order valence-corrected chi connectivity index (χ2v) is 5.79. The third-order valence-electron chi connectivity index (χ3n) is 3.06. The molecule has 22 heavy (non-hydrogen) atoms. The number of fused-ring (bicyclic) bond motifs is 1. The third-order valence-corrected chi connectivity index (χ3v) is 4.85. The van der Waals surface area contributed by atoms with Crippen LogP contribution in [0.3, 0.4) is 0 Å². The Morgan fingerprint density at radius 2 is 1.14 bits per heavy atom. The predicted molar refractivity (Wildman–Crippen MR) is 89.1 cm³/mol. The highest BCUT2D eigenvalue weighted by atomic mass is 35.5. The van der Waals surface area contributed by atoms with Crippen LogP contribution >= 0.6 is 46.4 Å². The maximum absolute atomic E-state index is 12.5. The molecule has 2 unspecified atom stereocenters. The first kappa shape index (κ1) is 17.4. The van der Waals surface area contributed by atoms with Crippen LogP contribution in [0.15, 0.2) is 30.1 Å². The van der Waals surface area contributed by atoms with Crippen molar-refractivity contribution in [3.63, 3.8) is 0 Å². The van der Waals surface area contributed by atoms with Crippen LogP contribution in [0.25, 0.3) is 11.0 Å². The SMILES string of the molecule is C=CC(O)n1c(=O)n(C(O)C=C)c2c(Cl)c(Cl)c(Cl)c(Cl)c21. The molecular formula is C13H10Cl4N2O3. The van der Waals surface area contributed by atoms with Crippen molar-refractivity contribution in [3.05, 3.63) is 55.9 Å². The second-order valence-electron chi connectivity index (χ2n) is 4.27. The molecule has 1 aromatic heterocycles. The molecule has 0 bridgehead atoms. The Hall–Kier alpha value is -0.950. The molecule has 5 nitrogen and oxygen atoms in total. The number of hydrogen-bond donors (Lipinski definition) is 2. The number of benzene rings is 1. The molecule has 118 valence electrons. The van der Waals surface area contributed by atoms with Gasteiger partial charge in [-0.05, 0) is 12.2 Å². The first-order valence-electron chi connectivity index (χ1n) is 5.87. The Kier molecular flexibility index (Phi) is 4.96. The lowest BCUT2D eigenvalue weighted by Crippen LogP contribution is -2.28. The van der Waals surface area contributed by atoms with Crippen molar-refractivity contribution in [2.75, 3.05) is 0 Å². The summed E-state index contributed by atoms with van der Waals surface area (Å²) in [6.07, 6.45) is -0.589. The van der Waals surface area contributed by atoms with E-state index in [9.17, 15) is 15.0 Å². The molecule has 0 saturated heterocycles. The van der Waals surface area contributed by atoms with Gasteiger partial charge in [-0.3, -0.25) is 9.13 Å². The number of nitrogens with zero attached hydrogens (tertiary/aromatic N) is 2. The number of rotatable bonds is 4. The zero-order valence-corrected chi connectivity index (χ0v) is 14.0. The zero-order valence-electron chi connectivity index (χ0n) is 10.9. The number of aromatic nitrogens is 2. The number of hydrogen-bond acceptors (Lipinski definition) is 3. The Balaban J connectivity index is 3.17. The molecule has 1 aromatic carbocycles. The van der Waals surface area contributed by atoms with Gasteiger partial charge in [-0.25, -0.2) is 4.79 Å². The molecule has 0 fully saturated rings. The fraction of sp³-hybridized carbons (Fsp3) is 0.154. The summed E-state index contributed by atoms with van der Waals surface area (Å²) < 4.78 is 1.79. The van der Waals surface area contributed by atoms with Gasteiger partial charge in [-0.2, -0.15) is 0 Å². The summed E-state index contributed by atoms with van der Waals surface area (Å²) in [5, 5.41) is 19.7. The molecule has 0 amide bonds. The topological polar surface area (TPSA) is 67.4 Å². The van der Waals surface area contributed by atoms with Crippen LogP contribution in [0, 0.1) is 0 Å². The molecular weight excluding hydrogens is 374 g/mol. The summed E-state index contributed by atoms with van der Waals surface area (Å²) >= 11 is 24.3. The van der Waals surface area contributed by atoms with Crippen molar-refractivity contribution in [1.82, 2.24) is 9.13 Å². The summed E-state index contributed by atoms with van der Waals surface area (Å²) in [5.74, 6) is 0. The predicted octanol–water partition coefficient (Wildman–Crippen LogP) is 3.77. The van der Waals surface area contributed by atoms with Gasteiger partial charge in [0.25, 0.3) is 0 Å². The molecule has 0 spiro atoms. The molecule has 2 rings (SSSR count). The van der Waals surface area contributed by atoms with E-state index in [1.807, 2.05) is 0 Å². The smallest absolute Gasteiger partial charge is 0.333 e. The number of aliphatic hydroxyl groups is 2. The Morgan fingerprint density at radius 1 is 0.818 bits per heavy atom. The van der Waals surface area contributed by atoms with Gasteiger partial charge in [0.15, 0.2) is 12.5 Å². The van der Waals surface area contributed by atoms with Crippen molar-refractivity contribution < 1.29 is 10.2 Å². The van der Waals surface area contributed by atoms with Crippen LogP contribution in [0.4, 0.5) is 0 Å². The molecule has 9 heteroatoms. The molecule has 0 saturated carbocycles. The van der Waals surface area contributed by atoms with Gasteiger partial charge in [0.2, 0.25) is 0 Å². The van der Waals surface area contributed by atoms with Gasteiger partial charge in [-0.15, -0.1) is 0 Å². The average molecular weight is 384 g/mol. The van der Waals surface area contributed by atoms with Crippen molar-refractivity contribution >= 4 is 57.4 Å². The molecule has 0 aliphatic rings. The Morgan fingerprint density at radius 3 is 1.41 bits per heavy atom. The minimum atomic E-state index is -1.40. The van der Waals surface area contributed by atoms with Crippen molar-refractivity contribution in [2.45, 2.75) is 12.5 Å². The zero-order chi connectivity index (χ0) is 16.8. The average Bonchev–Trinajstić information content (AvgIpc) is 2.82. The molecule has 2 atom stereocenters. The van der Waals surface area contributed by atoms with E-state index in [0.29, 0.717) is 0 Å². The van der Waals surface area contributed by atoms with E-state index < -0.39 is 18.1 Å². The molecule has 1 heterocycles. The van der Waals surface area contributed by atoms with Crippen molar-refractivity contribution in [2.24, 2.45) is 0 Å². The molecule has 0 aliphatic carbocycles. The molecule has 0 radical (unpaired) electrons. The van der Waals surface area contributed by atoms with E-state index in [-0.39, 0.29) is 31.1 Å². The van der Waals surface area contributed by atoms with Crippen LogP contribution < -0.4 is 5.69 Å². The highest BCUT2D eigenvalue weighted by molar-refractivity contribution is 6.55. The summed E-state index contributed by atoms with van der Waals surface area (Å²) in [4.78, 5) is 12.5. The highest BCUT2D eigenvalue weighted by Crippen LogP contribution is 2.43. The fourth-order valence-electron chi connectivity index (χ4n) is 2.06. The number of aliphatic hydroxyl groups excluding tert-OH is 2. The first-order valence-corrected chi connectivity index (χ1v) is 7.38. The first-order chi connectivity index (χ1) is 10.3. The monoisotopic (exact) mass is 382 g/mol. The van der Waals surface area contributed by atoms with Gasteiger partial charge >= 0.3 is 5.69 Å². The van der Waals surface area contributed by atoms with Crippen LogP contribution in [-0.2, 0) is 0 Å². The standard InChI is InChI=1S/C13H10Cl4N2O3/c1-3-5(20)18-11-9(16)7(14)8(15)10(17)12(11)19(13(18)22)6(21)4-2/h3-6,20-21H,1-2H2. The van der Waals surface area contributed by atoms with Crippen molar-refractivity contribution in [1.29, 1.82) is 0 Å². The lowest BCUT2D eigenvalue weighted by molar-refractivity contribution is 0.136. The minimum Gasteiger partial charge on any atom is -0.369 e. The van der Waals surface area contributed by atoms with E-state index in [0.717, 1.165) is 21.3 Å². The maximum atomic E-state index is 12.5. The van der Waals surface area contributed by atoms with E-state index >= 15 is 0 Å². The third kappa shape index (κ3) is 2.38. The highest BCUT2D eigenvalue weighted by Gasteiger charge is 2.27. The van der Waals surface area contributed by atoms with Gasteiger partial charge in [0, 0.05) is 0 Å². The van der Waals surface area contributed by atoms with Crippen molar-refractivity contribution in [3.8, 4) is 0 Å². The van der Waals surface area contributed by atoms with Gasteiger partial charge < -0.3 is 10.2 Å². The van der Waals surface area contributed by atoms with Crippen LogP contribution in [0.5, 0.6) is 0 Å². The largest absolute Gasteiger partial charge is 0.369 e.